The van der Waals surface area contributed by atoms with Crippen molar-refractivity contribution in [1.82, 2.24) is 5.32 Å². The average Bonchev–Trinajstić information content (AvgIpc) is 3.11. The molecule has 0 fully saturated rings. The number of nitrogens with one attached hydrogen (secondary N) is 1. The molecule has 1 atom stereocenters. The molecule has 0 radical (unpaired) electrons. The first-order valence-corrected chi connectivity index (χ1v) is 8.37. The number of hydrogen-bond acceptors (Lipinski definition) is 4. The van der Waals surface area contributed by atoms with E-state index in [9.17, 15) is 4.79 Å². The molecule has 2 aromatic rings. The van der Waals surface area contributed by atoms with Gasteiger partial charge in [0, 0.05) is 32.7 Å². The van der Waals surface area contributed by atoms with Crippen LogP contribution in [0.5, 0.6) is 0 Å². The molecule has 1 aliphatic heterocycles. The molecule has 1 unspecified atom stereocenters. The number of carbonyl (C=O) groups is 1. The van der Waals surface area contributed by atoms with Gasteiger partial charge in [0.1, 0.15) is 5.71 Å². The lowest BCUT2D eigenvalue weighted by Gasteiger charge is -2.15. The molecule has 25 heavy (non-hydrogen) atoms. The third-order valence-electron chi connectivity index (χ3n) is 4.38. The van der Waals surface area contributed by atoms with Gasteiger partial charge >= 0.3 is 0 Å². The summed E-state index contributed by atoms with van der Waals surface area (Å²) >= 11 is 0. The lowest BCUT2D eigenvalue weighted by atomic mass is 10.0. The van der Waals surface area contributed by atoms with Crippen molar-refractivity contribution in [3.05, 3.63) is 65.2 Å². The van der Waals surface area contributed by atoms with Crippen molar-refractivity contribution in [2.24, 2.45) is 5.16 Å². The molecule has 0 bridgehead atoms. The molecule has 1 heterocycles. The van der Waals surface area contributed by atoms with E-state index >= 15 is 0 Å². The van der Waals surface area contributed by atoms with Crippen LogP contribution in [0, 0.1) is 6.92 Å². The van der Waals surface area contributed by atoms with E-state index in [0.29, 0.717) is 18.7 Å². The van der Waals surface area contributed by atoms with E-state index in [4.69, 9.17) is 4.84 Å². The molecule has 0 aromatic heterocycles. The minimum Gasteiger partial charge on any atom is -0.387 e. The molecule has 130 valence electrons. The summed E-state index contributed by atoms with van der Waals surface area (Å²) in [5.41, 5.74) is 4.86. The maximum absolute atomic E-state index is 12.4. The van der Waals surface area contributed by atoms with Gasteiger partial charge in [-0.25, -0.2) is 0 Å². The highest BCUT2D eigenvalue weighted by atomic mass is 16.6. The Kier molecular flexibility index (Phi) is 5.03. The van der Waals surface area contributed by atoms with Crippen molar-refractivity contribution in [2.45, 2.75) is 26.0 Å². The molecular weight excluding hydrogens is 314 g/mol. The van der Waals surface area contributed by atoms with E-state index in [1.165, 1.54) is 0 Å². The summed E-state index contributed by atoms with van der Waals surface area (Å²) in [6.45, 7) is 2.53. The SMILES string of the molecule is Cc1cc(N(C)C)ccc1CNC(=O)C1=NOC(c2ccccc2)C1. The molecular formula is C20H23N3O2. The number of amides is 1. The maximum atomic E-state index is 12.4. The molecule has 1 amide bonds. The van der Waals surface area contributed by atoms with Crippen molar-refractivity contribution in [2.75, 3.05) is 19.0 Å². The van der Waals surface area contributed by atoms with E-state index in [0.717, 1.165) is 22.4 Å². The normalized spacial score (nSPS) is 16.1. The second kappa shape index (κ2) is 7.38. The predicted molar refractivity (Wildman–Crippen MR) is 99.7 cm³/mol. The second-order valence-corrected chi connectivity index (χ2v) is 6.43. The van der Waals surface area contributed by atoms with Gasteiger partial charge in [0.05, 0.1) is 0 Å². The summed E-state index contributed by atoms with van der Waals surface area (Å²) in [7, 11) is 4.02. The number of nitrogens with zero attached hydrogens (tertiary/aromatic N) is 2. The lowest BCUT2D eigenvalue weighted by Crippen LogP contribution is -2.30. The van der Waals surface area contributed by atoms with Gasteiger partial charge in [0.2, 0.25) is 0 Å². The van der Waals surface area contributed by atoms with Gasteiger partial charge in [-0.2, -0.15) is 0 Å². The summed E-state index contributed by atoms with van der Waals surface area (Å²) in [6.07, 6.45) is 0.317. The number of anilines is 1. The number of oxime groups is 1. The topological polar surface area (TPSA) is 53.9 Å². The quantitative estimate of drug-likeness (QED) is 0.911. The Morgan fingerprint density at radius 3 is 2.68 bits per heavy atom. The largest absolute Gasteiger partial charge is 0.387 e. The fraction of sp³-hybridized carbons (Fsp3) is 0.300. The van der Waals surface area contributed by atoms with Gasteiger partial charge in [-0.05, 0) is 35.7 Å². The highest BCUT2D eigenvalue weighted by Crippen LogP contribution is 2.27. The fourth-order valence-electron chi connectivity index (χ4n) is 2.79. The number of carbonyl (C=O) groups excluding carboxylic acids is 1. The van der Waals surface area contributed by atoms with Crippen LogP contribution in [0.15, 0.2) is 53.7 Å². The van der Waals surface area contributed by atoms with Gasteiger partial charge < -0.3 is 15.1 Å². The molecule has 5 nitrogen and oxygen atoms in total. The van der Waals surface area contributed by atoms with Gasteiger partial charge in [-0.3, -0.25) is 4.79 Å². The van der Waals surface area contributed by atoms with Crippen LogP contribution in [0.3, 0.4) is 0 Å². The molecule has 1 aliphatic rings. The Hall–Kier alpha value is -2.82. The summed E-state index contributed by atoms with van der Waals surface area (Å²) < 4.78 is 0. The predicted octanol–water partition coefficient (Wildman–Crippen LogP) is 3.19. The van der Waals surface area contributed by atoms with E-state index in [1.54, 1.807) is 0 Å². The van der Waals surface area contributed by atoms with Crippen LogP contribution in [0.2, 0.25) is 0 Å². The van der Waals surface area contributed by atoms with Crippen molar-refractivity contribution in [3.8, 4) is 0 Å². The van der Waals surface area contributed by atoms with Crippen molar-refractivity contribution in [3.63, 3.8) is 0 Å². The van der Waals surface area contributed by atoms with E-state index in [1.807, 2.05) is 50.5 Å². The highest BCUT2D eigenvalue weighted by Gasteiger charge is 2.27. The van der Waals surface area contributed by atoms with Crippen molar-refractivity contribution < 1.29 is 9.63 Å². The smallest absolute Gasteiger partial charge is 0.269 e. The van der Waals surface area contributed by atoms with Crippen LogP contribution in [0.25, 0.3) is 0 Å². The summed E-state index contributed by atoms with van der Waals surface area (Å²) in [5.74, 6) is -0.172. The molecule has 2 aromatic carbocycles. The maximum Gasteiger partial charge on any atom is 0.269 e. The lowest BCUT2D eigenvalue weighted by molar-refractivity contribution is -0.115. The molecule has 5 heteroatoms. The standard InChI is InChI=1S/C20H23N3O2/c1-14-11-17(23(2)3)10-9-16(14)13-21-20(24)18-12-19(25-22-18)15-7-5-4-6-8-15/h4-11,19H,12-13H2,1-3H3,(H,21,24). The first-order chi connectivity index (χ1) is 12.0. The third-order valence-corrected chi connectivity index (χ3v) is 4.38. The van der Waals surface area contributed by atoms with Crippen LogP contribution in [0.1, 0.15) is 29.2 Å². The highest BCUT2D eigenvalue weighted by molar-refractivity contribution is 6.39. The Morgan fingerprint density at radius 2 is 2.00 bits per heavy atom. The molecule has 0 aliphatic carbocycles. The molecule has 3 rings (SSSR count). The van der Waals surface area contributed by atoms with E-state index in [-0.39, 0.29) is 12.0 Å². The summed E-state index contributed by atoms with van der Waals surface area (Å²) in [6, 6.07) is 16.0. The number of benzene rings is 2. The minimum absolute atomic E-state index is 0.172. The number of rotatable bonds is 5. The van der Waals surface area contributed by atoms with Gasteiger partial charge in [0.15, 0.2) is 6.10 Å². The zero-order valence-electron chi connectivity index (χ0n) is 14.8. The van der Waals surface area contributed by atoms with E-state index < -0.39 is 0 Å². The fourth-order valence-corrected chi connectivity index (χ4v) is 2.79. The van der Waals surface area contributed by atoms with E-state index in [2.05, 4.69) is 34.4 Å². The van der Waals surface area contributed by atoms with Crippen LogP contribution in [-0.2, 0) is 16.2 Å². The zero-order chi connectivity index (χ0) is 17.8. The zero-order valence-corrected chi connectivity index (χ0v) is 14.8. The molecule has 1 N–H and O–H groups in total. The second-order valence-electron chi connectivity index (χ2n) is 6.43. The third kappa shape index (κ3) is 3.99. The Balaban J connectivity index is 1.57. The Bertz CT molecular complexity index is 785. The Morgan fingerprint density at radius 1 is 1.24 bits per heavy atom. The van der Waals surface area contributed by atoms with Gasteiger partial charge in [0.25, 0.3) is 5.91 Å². The monoisotopic (exact) mass is 337 g/mol. The van der Waals surface area contributed by atoms with Crippen molar-refractivity contribution >= 4 is 17.3 Å². The number of hydrogen-bond donors (Lipinski definition) is 1. The summed E-state index contributed by atoms with van der Waals surface area (Å²) in [5, 5.41) is 6.90. The Labute approximate surface area is 148 Å². The molecule has 0 spiro atoms. The molecule has 0 saturated carbocycles. The summed E-state index contributed by atoms with van der Waals surface area (Å²) in [4.78, 5) is 19.8. The average molecular weight is 337 g/mol. The van der Waals surface area contributed by atoms with Gasteiger partial charge in [-0.15, -0.1) is 0 Å². The van der Waals surface area contributed by atoms with Crippen LogP contribution in [0.4, 0.5) is 5.69 Å². The number of aryl methyl sites for hydroxylation is 1. The van der Waals surface area contributed by atoms with Crippen LogP contribution >= 0.6 is 0 Å². The minimum atomic E-state index is -0.178. The molecule has 0 saturated heterocycles. The van der Waals surface area contributed by atoms with Gasteiger partial charge in [-0.1, -0.05) is 41.6 Å². The first-order valence-electron chi connectivity index (χ1n) is 8.37. The van der Waals surface area contributed by atoms with Crippen LogP contribution < -0.4 is 10.2 Å². The first kappa shape index (κ1) is 17.0. The van der Waals surface area contributed by atoms with Crippen molar-refractivity contribution in [1.29, 1.82) is 0 Å². The van der Waals surface area contributed by atoms with Crippen LogP contribution in [-0.4, -0.2) is 25.7 Å².